The predicted molar refractivity (Wildman–Crippen MR) is 139 cm³/mol. The Bertz CT molecular complexity index is 1080. The summed E-state index contributed by atoms with van der Waals surface area (Å²) in [5.41, 5.74) is 1.88. The Labute approximate surface area is 200 Å². The van der Waals surface area contributed by atoms with Gasteiger partial charge in [-0.25, -0.2) is 8.42 Å². The van der Waals surface area contributed by atoms with E-state index in [1.807, 2.05) is 57.2 Å². The summed E-state index contributed by atoms with van der Waals surface area (Å²) in [7, 11) is -5.69. The van der Waals surface area contributed by atoms with Crippen LogP contribution in [-0.4, -0.2) is 44.7 Å². The van der Waals surface area contributed by atoms with E-state index in [1.165, 1.54) is 4.31 Å². The zero-order chi connectivity index (χ0) is 24.6. The highest BCUT2D eigenvalue weighted by Crippen LogP contribution is 2.22. The van der Waals surface area contributed by atoms with Crippen LogP contribution in [0.3, 0.4) is 0 Å². The highest BCUT2D eigenvalue weighted by molar-refractivity contribution is 7.89. The van der Waals surface area contributed by atoms with Crippen LogP contribution in [-0.2, 0) is 21.4 Å². The maximum absolute atomic E-state index is 13.5. The van der Waals surface area contributed by atoms with Gasteiger partial charge in [-0.2, -0.15) is 0 Å². The molecule has 0 fully saturated rings. The molecule has 0 N–H and O–H groups in total. The summed E-state index contributed by atoms with van der Waals surface area (Å²) in [6.07, 6.45) is 5.10. The number of carbonyl (C=O) groups is 1. The number of amides is 1. The van der Waals surface area contributed by atoms with E-state index in [9.17, 15) is 13.2 Å². The van der Waals surface area contributed by atoms with Crippen LogP contribution in [0.2, 0.25) is 19.6 Å². The number of allylic oxidation sites excluding steroid dienone is 2. The Morgan fingerprint density at radius 2 is 1.52 bits per heavy atom. The van der Waals surface area contributed by atoms with E-state index in [-0.39, 0.29) is 17.3 Å². The minimum atomic E-state index is -3.77. The molecule has 0 aliphatic heterocycles. The lowest BCUT2D eigenvalue weighted by Gasteiger charge is -2.24. The molecule has 0 unspecified atom stereocenters. The third kappa shape index (κ3) is 7.44. The number of hydrogen-bond donors (Lipinski definition) is 0. The van der Waals surface area contributed by atoms with Crippen molar-refractivity contribution in [2.24, 2.45) is 0 Å². The molecule has 2 aromatic carbocycles. The van der Waals surface area contributed by atoms with Crippen molar-refractivity contribution in [3.8, 4) is 0 Å². The second-order valence-electron chi connectivity index (χ2n) is 9.02. The van der Waals surface area contributed by atoms with Crippen LogP contribution in [0, 0.1) is 6.92 Å². The van der Waals surface area contributed by atoms with Gasteiger partial charge in [0.1, 0.15) is 0 Å². The van der Waals surface area contributed by atoms with Gasteiger partial charge in [0.2, 0.25) is 5.91 Å². The highest BCUT2D eigenvalue weighted by Gasteiger charge is 2.24. The van der Waals surface area contributed by atoms with Crippen molar-refractivity contribution in [3.05, 3.63) is 89.3 Å². The summed E-state index contributed by atoms with van der Waals surface area (Å²) in [5, 5.41) is 0.900. The fourth-order valence-corrected chi connectivity index (χ4v) is 5.69. The molecule has 33 heavy (non-hydrogen) atoms. The molecule has 178 valence electrons. The molecule has 5 nitrogen and oxygen atoms in total. The van der Waals surface area contributed by atoms with E-state index in [4.69, 9.17) is 0 Å². The Balaban J connectivity index is 2.51. The van der Waals surface area contributed by atoms with Gasteiger partial charge in [-0.15, -0.1) is 0 Å². The van der Waals surface area contributed by atoms with Crippen LogP contribution >= 0.6 is 0 Å². The first kappa shape index (κ1) is 26.6. The molecule has 0 saturated heterocycles. The summed E-state index contributed by atoms with van der Waals surface area (Å²) in [6, 6.07) is 16.4. The first-order valence-electron chi connectivity index (χ1n) is 11.3. The molecule has 0 saturated carbocycles. The van der Waals surface area contributed by atoms with Crippen LogP contribution in [0.1, 0.15) is 25.0 Å². The maximum Gasteiger partial charge on any atom is 0.264 e. The molecule has 0 atom stereocenters. The van der Waals surface area contributed by atoms with E-state index in [0.29, 0.717) is 13.1 Å². The third-order valence-corrected chi connectivity index (χ3v) is 9.23. The van der Waals surface area contributed by atoms with Crippen molar-refractivity contribution in [2.45, 2.75) is 51.9 Å². The van der Waals surface area contributed by atoms with Crippen molar-refractivity contribution < 1.29 is 13.2 Å². The van der Waals surface area contributed by atoms with Crippen molar-refractivity contribution in [3.63, 3.8) is 0 Å². The number of likely N-dealkylation sites (N-methyl/N-ethyl adjacent to an activating group) is 1. The standard InChI is InChI=1S/C26H36N2O3SSi/c1-7-27(8-2)26(29)20-25(33(4,5)6)18-19-28(21-23-12-10-9-11-13-23)32(30,31)24-16-14-22(3)15-17-24/h9-20H,7-8,21H2,1-6H3/b19-18+,25-20-. The first-order chi connectivity index (χ1) is 15.5. The van der Waals surface area contributed by atoms with Gasteiger partial charge >= 0.3 is 0 Å². The summed E-state index contributed by atoms with van der Waals surface area (Å²) in [5.74, 6) is -0.0434. The second kappa shape index (κ2) is 11.5. The van der Waals surface area contributed by atoms with Gasteiger partial charge in [-0.3, -0.25) is 9.10 Å². The van der Waals surface area contributed by atoms with Gasteiger partial charge in [-0.1, -0.05) is 72.9 Å². The smallest absolute Gasteiger partial charge is 0.264 e. The van der Waals surface area contributed by atoms with E-state index in [2.05, 4.69) is 19.6 Å². The molecule has 0 spiro atoms. The van der Waals surface area contributed by atoms with E-state index in [1.54, 1.807) is 41.4 Å². The average Bonchev–Trinajstić information content (AvgIpc) is 2.76. The van der Waals surface area contributed by atoms with Crippen molar-refractivity contribution in [1.29, 1.82) is 0 Å². The Morgan fingerprint density at radius 3 is 2.03 bits per heavy atom. The Morgan fingerprint density at radius 1 is 0.939 bits per heavy atom. The van der Waals surface area contributed by atoms with Crippen LogP contribution in [0.4, 0.5) is 0 Å². The van der Waals surface area contributed by atoms with Crippen LogP contribution < -0.4 is 0 Å². The molecule has 0 aliphatic rings. The van der Waals surface area contributed by atoms with Crippen molar-refractivity contribution in [2.75, 3.05) is 13.1 Å². The summed E-state index contributed by atoms with van der Waals surface area (Å²) < 4.78 is 28.4. The fourth-order valence-electron chi connectivity index (χ4n) is 3.26. The topological polar surface area (TPSA) is 57.7 Å². The zero-order valence-corrected chi connectivity index (χ0v) is 22.4. The zero-order valence-electron chi connectivity index (χ0n) is 20.6. The van der Waals surface area contributed by atoms with Gasteiger partial charge < -0.3 is 4.90 Å². The number of carbonyl (C=O) groups excluding carboxylic acids is 1. The number of hydrogen-bond acceptors (Lipinski definition) is 3. The minimum absolute atomic E-state index is 0.0434. The van der Waals surface area contributed by atoms with Crippen LogP contribution in [0.5, 0.6) is 0 Å². The van der Waals surface area contributed by atoms with Gasteiger partial charge in [0, 0.05) is 25.4 Å². The molecule has 0 bridgehead atoms. The lowest BCUT2D eigenvalue weighted by molar-refractivity contribution is -0.125. The SMILES string of the molecule is CCN(CC)C(=O)/C=C(/C=C/N(Cc1ccccc1)S(=O)(=O)c1ccc(C)cc1)[Si](C)(C)C. The number of nitrogens with zero attached hydrogens (tertiary/aromatic N) is 2. The molecule has 2 rings (SSSR count). The molecule has 0 aromatic heterocycles. The fraction of sp³-hybridized carbons (Fsp3) is 0.346. The first-order valence-corrected chi connectivity index (χ1v) is 16.2. The predicted octanol–water partition coefficient (Wildman–Crippen LogP) is 5.37. The quantitative estimate of drug-likeness (QED) is 0.259. The third-order valence-electron chi connectivity index (χ3n) is 5.45. The highest BCUT2D eigenvalue weighted by atomic mass is 32.2. The Hall–Kier alpha value is -2.64. The van der Waals surface area contributed by atoms with E-state index in [0.717, 1.165) is 16.3 Å². The molecular weight excluding hydrogens is 448 g/mol. The maximum atomic E-state index is 13.5. The molecule has 7 heteroatoms. The lowest BCUT2D eigenvalue weighted by atomic mass is 10.2. The minimum Gasteiger partial charge on any atom is -0.340 e. The normalized spacial score (nSPS) is 12.7. The molecule has 1 amide bonds. The number of benzene rings is 2. The van der Waals surface area contributed by atoms with E-state index >= 15 is 0 Å². The van der Waals surface area contributed by atoms with Gasteiger partial charge in [0.15, 0.2) is 0 Å². The average molecular weight is 485 g/mol. The molecule has 2 aromatic rings. The summed E-state index contributed by atoms with van der Waals surface area (Å²) in [4.78, 5) is 14.8. The van der Waals surface area contributed by atoms with Gasteiger partial charge in [0.05, 0.1) is 19.5 Å². The number of sulfonamides is 1. The number of rotatable bonds is 10. The van der Waals surface area contributed by atoms with Crippen molar-refractivity contribution >= 4 is 24.0 Å². The largest absolute Gasteiger partial charge is 0.340 e. The summed E-state index contributed by atoms with van der Waals surface area (Å²) in [6.45, 7) is 13.8. The molecule has 0 heterocycles. The summed E-state index contributed by atoms with van der Waals surface area (Å²) >= 11 is 0. The van der Waals surface area contributed by atoms with Crippen LogP contribution in [0.25, 0.3) is 0 Å². The van der Waals surface area contributed by atoms with Gasteiger partial charge in [-0.05, 0) is 44.5 Å². The monoisotopic (exact) mass is 484 g/mol. The van der Waals surface area contributed by atoms with Crippen molar-refractivity contribution in [1.82, 2.24) is 9.21 Å². The molecular formula is C26H36N2O3SSi. The van der Waals surface area contributed by atoms with Gasteiger partial charge in [0.25, 0.3) is 10.0 Å². The molecule has 0 aliphatic carbocycles. The second-order valence-corrected chi connectivity index (χ2v) is 16.0. The van der Waals surface area contributed by atoms with E-state index < -0.39 is 18.1 Å². The Kier molecular flexibility index (Phi) is 9.25. The lowest BCUT2D eigenvalue weighted by Crippen LogP contribution is -2.32. The molecule has 0 radical (unpaired) electrons. The number of aryl methyl sites for hydroxylation is 1. The van der Waals surface area contributed by atoms with Crippen LogP contribution in [0.15, 0.2) is 83.0 Å².